The molecular formula is C23H26Cl2N6O4. The third-order valence-corrected chi connectivity index (χ3v) is 6.99. The standard InChI is InChI=1S/C23H26Cl2N6O4/c24-13-6-12(7-14(25)8-13)22(34)30-17-19(33)16(9-32)35-23(17)31-11-28-18-20(26-10-27-21(18)31)29-15-4-2-1-3-5-15/h6-8,10-11,15-17,19,23,32-33H,1-5,9H2,(H,30,34)(H,26,27,29)/t16-,17-,19-,23-/m1/s1. The second kappa shape index (κ2) is 10.2. The van der Waals surface area contributed by atoms with Gasteiger partial charge in [0.05, 0.1) is 12.9 Å². The van der Waals surface area contributed by atoms with Gasteiger partial charge >= 0.3 is 0 Å². The number of amides is 1. The molecule has 4 atom stereocenters. The maximum absolute atomic E-state index is 13.0. The molecule has 10 nitrogen and oxygen atoms in total. The summed E-state index contributed by atoms with van der Waals surface area (Å²) in [5, 5.41) is 27.5. The van der Waals surface area contributed by atoms with E-state index >= 15 is 0 Å². The molecule has 2 aliphatic rings. The smallest absolute Gasteiger partial charge is 0.251 e. The van der Waals surface area contributed by atoms with Crippen molar-refractivity contribution in [2.24, 2.45) is 0 Å². The van der Waals surface area contributed by atoms with Gasteiger partial charge in [0.1, 0.15) is 24.6 Å². The minimum Gasteiger partial charge on any atom is -0.394 e. The summed E-state index contributed by atoms with van der Waals surface area (Å²) in [6.07, 6.45) is 5.77. The van der Waals surface area contributed by atoms with Gasteiger partial charge in [-0.3, -0.25) is 9.36 Å². The lowest BCUT2D eigenvalue weighted by Crippen LogP contribution is -2.46. The molecule has 1 aromatic carbocycles. The quantitative estimate of drug-likeness (QED) is 0.389. The summed E-state index contributed by atoms with van der Waals surface area (Å²) in [5.41, 5.74) is 1.28. The lowest BCUT2D eigenvalue weighted by Gasteiger charge is -2.24. The van der Waals surface area contributed by atoms with Crippen LogP contribution in [0.4, 0.5) is 5.82 Å². The normalized spacial score (nSPS) is 25.1. The second-order valence-electron chi connectivity index (χ2n) is 8.92. The summed E-state index contributed by atoms with van der Waals surface area (Å²) in [6.45, 7) is -0.427. The number of aliphatic hydroxyl groups is 2. The summed E-state index contributed by atoms with van der Waals surface area (Å²) < 4.78 is 7.57. The second-order valence-corrected chi connectivity index (χ2v) is 9.79. The Labute approximate surface area is 211 Å². The van der Waals surface area contributed by atoms with Crippen molar-refractivity contribution < 1.29 is 19.7 Å². The van der Waals surface area contributed by atoms with Crippen molar-refractivity contribution in [3.63, 3.8) is 0 Å². The number of aromatic nitrogens is 4. The minimum atomic E-state index is -1.18. The highest BCUT2D eigenvalue weighted by molar-refractivity contribution is 6.35. The number of fused-ring (bicyclic) bond motifs is 1. The predicted molar refractivity (Wildman–Crippen MR) is 131 cm³/mol. The van der Waals surface area contributed by atoms with Gasteiger partial charge in [-0.15, -0.1) is 0 Å². The van der Waals surface area contributed by atoms with E-state index in [9.17, 15) is 15.0 Å². The fourth-order valence-corrected chi connectivity index (χ4v) is 5.32. The van der Waals surface area contributed by atoms with Crippen LogP contribution in [0.5, 0.6) is 0 Å². The molecule has 1 amide bonds. The summed E-state index contributed by atoms with van der Waals surface area (Å²) in [5.74, 6) is 0.136. The van der Waals surface area contributed by atoms with Gasteiger partial charge in [-0.25, -0.2) is 15.0 Å². The fraction of sp³-hybridized carbons (Fsp3) is 0.478. The Hall–Kier alpha value is -2.50. The SMILES string of the molecule is O=C(N[C@@H]1[C@H](O)[C@@H](CO)O[C@H]1n1cnc2c(NC3CCCCC3)ncnc21)c1cc(Cl)cc(Cl)c1. The number of hydrogen-bond donors (Lipinski definition) is 4. The van der Waals surface area contributed by atoms with Gasteiger partial charge in [-0.1, -0.05) is 42.5 Å². The van der Waals surface area contributed by atoms with Gasteiger partial charge in [-0.2, -0.15) is 0 Å². The zero-order valence-corrected chi connectivity index (χ0v) is 20.3. The third-order valence-electron chi connectivity index (χ3n) is 6.55. The number of halogens is 2. The molecule has 1 aliphatic carbocycles. The number of rotatable bonds is 6. The van der Waals surface area contributed by atoms with Gasteiger partial charge in [0.25, 0.3) is 5.91 Å². The Kier molecular flexibility index (Phi) is 7.08. The molecular weight excluding hydrogens is 495 g/mol. The van der Waals surface area contributed by atoms with Crippen LogP contribution in [0.1, 0.15) is 48.7 Å². The largest absolute Gasteiger partial charge is 0.394 e. The molecule has 186 valence electrons. The van der Waals surface area contributed by atoms with E-state index in [1.54, 1.807) is 4.57 Å². The zero-order chi connectivity index (χ0) is 24.5. The maximum Gasteiger partial charge on any atom is 0.251 e. The summed E-state index contributed by atoms with van der Waals surface area (Å²) >= 11 is 12.1. The van der Waals surface area contributed by atoms with E-state index in [1.807, 2.05) is 0 Å². The van der Waals surface area contributed by atoms with E-state index in [0.717, 1.165) is 12.8 Å². The Balaban J connectivity index is 1.44. The summed E-state index contributed by atoms with van der Waals surface area (Å²) in [4.78, 5) is 26.3. The monoisotopic (exact) mass is 520 g/mol. The molecule has 4 N–H and O–H groups in total. The molecule has 3 heterocycles. The Morgan fingerprint density at radius 2 is 1.86 bits per heavy atom. The fourth-order valence-electron chi connectivity index (χ4n) is 4.79. The van der Waals surface area contributed by atoms with Gasteiger partial charge in [0.2, 0.25) is 0 Å². The van der Waals surface area contributed by atoms with Crippen LogP contribution >= 0.6 is 23.2 Å². The number of hydrogen-bond acceptors (Lipinski definition) is 8. The van der Waals surface area contributed by atoms with E-state index in [4.69, 9.17) is 27.9 Å². The highest BCUT2D eigenvalue weighted by Gasteiger charge is 2.46. The van der Waals surface area contributed by atoms with Crippen molar-refractivity contribution in [1.29, 1.82) is 0 Å². The average molecular weight is 521 g/mol. The van der Waals surface area contributed by atoms with E-state index in [0.29, 0.717) is 33.1 Å². The first kappa shape index (κ1) is 24.2. The molecule has 2 fully saturated rings. The number of anilines is 1. The van der Waals surface area contributed by atoms with Crippen molar-refractivity contribution in [1.82, 2.24) is 24.8 Å². The highest BCUT2D eigenvalue weighted by atomic mass is 35.5. The molecule has 3 aromatic rings. The first-order valence-corrected chi connectivity index (χ1v) is 12.4. The lowest BCUT2D eigenvalue weighted by atomic mass is 9.95. The number of imidazole rings is 1. The number of carbonyl (C=O) groups is 1. The van der Waals surface area contributed by atoms with Crippen LogP contribution in [0.3, 0.4) is 0 Å². The van der Waals surface area contributed by atoms with Crippen molar-refractivity contribution in [3.8, 4) is 0 Å². The minimum absolute atomic E-state index is 0.234. The number of aliphatic hydroxyl groups excluding tert-OH is 2. The van der Waals surface area contributed by atoms with Gasteiger partial charge in [0.15, 0.2) is 23.2 Å². The number of carbonyl (C=O) groups excluding carboxylic acids is 1. The van der Waals surface area contributed by atoms with Crippen molar-refractivity contribution in [2.75, 3.05) is 11.9 Å². The molecule has 35 heavy (non-hydrogen) atoms. The molecule has 5 rings (SSSR count). The first-order chi connectivity index (χ1) is 16.9. The Morgan fingerprint density at radius 3 is 2.57 bits per heavy atom. The Bertz CT molecular complexity index is 1200. The van der Waals surface area contributed by atoms with E-state index in [2.05, 4.69) is 25.6 Å². The van der Waals surface area contributed by atoms with Crippen molar-refractivity contribution in [3.05, 3.63) is 46.5 Å². The average Bonchev–Trinajstić information content (AvgIpc) is 3.41. The van der Waals surface area contributed by atoms with Gasteiger partial charge in [0, 0.05) is 21.7 Å². The molecule has 1 saturated heterocycles. The molecule has 0 bridgehead atoms. The number of nitrogens with one attached hydrogen (secondary N) is 2. The molecule has 0 radical (unpaired) electrons. The topological polar surface area (TPSA) is 134 Å². The predicted octanol–water partition coefficient (Wildman–Crippen LogP) is 2.93. The molecule has 0 spiro atoms. The molecule has 12 heteroatoms. The molecule has 0 unspecified atom stereocenters. The maximum atomic E-state index is 13.0. The Morgan fingerprint density at radius 1 is 1.11 bits per heavy atom. The molecule has 2 aromatic heterocycles. The summed E-state index contributed by atoms with van der Waals surface area (Å²) in [6, 6.07) is 3.90. The first-order valence-electron chi connectivity index (χ1n) is 11.6. The van der Waals surface area contributed by atoms with Crippen molar-refractivity contribution >= 4 is 46.1 Å². The molecule has 1 saturated carbocycles. The van der Waals surface area contributed by atoms with Gasteiger partial charge in [-0.05, 0) is 31.0 Å². The van der Waals surface area contributed by atoms with Crippen LogP contribution in [0, 0.1) is 0 Å². The highest BCUT2D eigenvalue weighted by Crippen LogP contribution is 2.33. The van der Waals surface area contributed by atoms with Gasteiger partial charge < -0.3 is 25.6 Å². The number of benzene rings is 1. The van der Waals surface area contributed by atoms with Crippen molar-refractivity contribution in [2.45, 2.75) is 62.6 Å². The number of ether oxygens (including phenoxy) is 1. The lowest BCUT2D eigenvalue weighted by molar-refractivity contribution is -0.0440. The van der Waals surface area contributed by atoms with Crippen LogP contribution < -0.4 is 10.6 Å². The summed E-state index contributed by atoms with van der Waals surface area (Å²) in [7, 11) is 0. The number of nitrogens with zero attached hydrogens (tertiary/aromatic N) is 4. The van der Waals surface area contributed by atoms with Crippen LogP contribution in [0.2, 0.25) is 10.0 Å². The van der Waals surface area contributed by atoms with Crippen LogP contribution in [0.25, 0.3) is 11.2 Å². The van der Waals surface area contributed by atoms with Crippen LogP contribution in [-0.4, -0.2) is 66.5 Å². The van der Waals surface area contributed by atoms with E-state index in [-0.39, 0.29) is 5.56 Å². The zero-order valence-electron chi connectivity index (χ0n) is 18.8. The molecule has 1 aliphatic heterocycles. The van der Waals surface area contributed by atoms with E-state index in [1.165, 1.54) is 50.1 Å². The third kappa shape index (κ3) is 4.94. The van der Waals surface area contributed by atoms with Crippen LogP contribution in [-0.2, 0) is 4.74 Å². The van der Waals surface area contributed by atoms with Crippen LogP contribution in [0.15, 0.2) is 30.9 Å². The van der Waals surface area contributed by atoms with E-state index < -0.39 is 37.0 Å².